The van der Waals surface area contributed by atoms with Gasteiger partial charge in [0.1, 0.15) is 12.2 Å². The SMILES string of the molecule is C[Si](C)(C)CCOCn1ccc2nc(NC(=O)NC3CCNC3)cnc21.Cl.Cl.Cl. The third-order valence-electron chi connectivity index (χ3n) is 4.33. The molecule has 3 N–H and O–H groups in total. The summed E-state index contributed by atoms with van der Waals surface area (Å²) in [5.41, 5.74) is 1.49. The van der Waals surface area contributed by atoms with E-state index < -0.39 is 8.07 Å². The molecule has 1 unspecified atom stereocenters. The number of amides is 2. The van der Waals surface area contributed by atoms with Crippen LogP contribution in [0.2, 0.25) is 25.7 Å². The molecule has 0 aromatic carbocycles. The van der Waals surface area contributed by atoms with Crippen LogP contribution in [0, 0.1) is 0 Å². The predicted molar refractivity (Wildman–Crippen MR) is 127 cm³/mol. The van der Waals surface area contributed by atoms with E-state index in [2.05, 4.69) is 45.6 Å². The summed E-state index contributed by atoms with van der Waals surface area (Å²) in [6, 6.07) is 2.94. The lowest BCUT2D eigenvalue weighted by Crippen LogP contribution is -2.39. The Kier molecular flexibility index (Phi) is 12.1. The number of hydrogen-bond donors (Lipinski definition) is 3. The number of halogens is 3. The molecule has 3 heterocycles. The molecular formula is C17H31Cl3N6O2Si. The summed E-state index contributed by atoms with van der Waals surface area (Å²) in [7, 11) is -1.08. The molecule has 2 aromatic rings. The van der Waals surface area contributed by atoms with Crippen molar-refractivity contribution in [1.29, 1.82) is 0 Å². The third-order valence-corrected chi connectivity index (χ3v) is 6.03. The fraction of sp³-hybridized carbons (Fsp3) is 0.588. The average molecular weight is 486 g/mol. The van der Waals surface area contributed by atoms with E-state index in [1.165, 1.54) is 0 Å². The Labute approximate surface area is 191 Å². The second-order valence-corrected chi connectivity index (χ2v) is 13.5. The number of urea groups is 1. The zero-order chi connectivity index (χ0) is 18.6. The maximum absolute atomic E-state index is 12.0. The van der Waals surface area contributed by atoms with Crippen molar-refractivity contribution in [2.75, 3.05) is 25.0 Å². The highest BCUT2D eigenvalue weighted by atomic mass is 35.5. The summed E-state index contributed by atoms with van der Waals surface area (Å²) in [5, 5.41) is 8.89. The van der Waals surface area contributed by atoms with Crippen molar-refractivity contribution in [3.8, 4) is 0 Å². The van der Waals surface area contributed by atoms with Gasteiger partial charge in [0.25, 0.3) is 0 Å². The van der Waals surface area contributed by atoms with Crippen molar-refractivity contribution >= 4 is 68.3 Å². The summed E-state index contributed by atoms with van der Waals surface area (Å²) in [6.45, 7) is 9.97. The van der Waals surface area contributed by atoms with Crippen LogP contribution in [0.3, 0.4) is 0 Å². The van der Waals surface area contributed by atoms with E-state index >= 15 is 0 Å². The quantitative estimate of drug-likeness (QED) is 0.412. The Morgan fingerprint density at radius 2 is 2.10 bits per heavy atom. The van der Waals surface area contributed by atoms with Crippen molar-refractivity contribution in [1.82, 2.24) is 25.2 Å². The second kappa shape index (κ2) is 12.6. The Morgan fingerprint density at radius 3 is 2.76 bits per heavy atom. The van der Waals surface area contributed by atoms with Gasteiger partial charge in [-0.15, -0.1) is 37.2 Å². The maximum Gasteiger partial charge on any atom is 0.320 e. The normalized spacial score (nSPS) is 15.8. The van der Waals surface area contributed by atoms with Gasteiger partial charge >= 0.3 is 6.03 Å². The van der Waals surface area contributed by atoms with E-state index in [4.69, 9.17) is 4.74 Å². The van der Waals surface area contributed by atoms with Gasteiger partial charge in [-0.2, -0.15) is 0 Å². The van der Waals surface area contributed by atoms with Gasteiger partial charge in [-0.3, -0.25) is 5.32 Å². The first-order chi connectivity index (χ1) is 12.4. The number of ether oxygens (including phenoxy) is 1. The Hall–Kier alpha value is -1.10. The second-order valence-electron chi connectivity index (χ2n) is 7.89. The molecule has 29 heavy (non-hydrogen) atoms. The van der Waals surface area contributed by atoms with Gasteiger partial charge in [0.05, 0.1) is 6.20 Å². The van der Waals surface area contributed by atoms with E-state index in [-0.39, 0.29) is 49.3 Å². The van der Waals surface area contributed by atoms with Gasteiger partial charge in [-0.05, 0) is 25.1 Å². The maximum atomic E-state index is 12.0. The molecule has 2 amide bonds. The van der Waals surface area contributed by atoms with Gasteiger partial charge in [-0.1, -0.05) is 19.6 Å². The third kappa shape index (κ3) is 8.65. The highest BCUT2D eigenvalue weighted by Gasteiger charge is 2.17. The zero-order valence-electron chi connectivity index (χ0n) is 16.9. The standard InChI is InChI=1S/C17H28N6O2Si.3ClH/c1-26(2,3)9-8-25-12-23-7-5-14-16(23)19-11-15(21-14)22-17(24)20-13-4-6-18-10-13;;;/h5,7,11,13,18H,4,6,8-10,12H2,1-3H3,(H2,20,21,22,24);3*1H. The van der Waals surface area contributed by atoms with E-state index in [9.17, 15) is 4.79 Å². The van der Waals surface area contributed by atoms with Crippen molar-refractivity contribution in [2.24, 2.45) is 0 Å². The molecule has 0 spiro atoms. The number of carbonyl (C=O) groups excluding carboxylic acids is 1. The van der Waals surface area contributed by atoms with Crippen LogP contribution in [-0.2, 0) is 11.5 Å². The van der Waals surface area contributed by atoms with Crippen LogP contribution >= 0.6 is 37.2 Å². The van der Waals surface area contributed by atoms with Crippen LogP contribution in [-0.4, -0.2) is 54.4 Å². The lowest BCUT2D eigenvalue weighted by atomic mass is 10.3. The molecule has 0 radical (unpaired) electrons. The molecule has 1 saturated heterocycles. The number of fused-ring (bicyclic) bond motifs is 1. The Balaban J connectivity index is 0.00000261. The minimum Gasteiger partial charge on any atom is -0.361 e. The van der Waals surface area contributed by atoms with Gasteiger partial charge < -0.3 is 19.9 Å². The Bertz CT molecular complexity index is 765. The summed E-state index contributed by atoms with van der Waals surface area (Å²) in [4.78, 5) is 20.9. The molecule has 12 heteroatoms. The van der Waals surface area contributed by atoms with Gasteiger partial charge in [0.15, 0.2) is 11.5 Å². The number of rotatable bonds is 7. The number of carbonyl (C=O) groups is 1. The number of nitrogens with zero attached hydrogens (tertiary/aromatic N) is 3. The largest absolute Gasteiger partial charge is 0.361 e. The minimum absolute atomic E-state index is 0. The summed E-state index contributed by atoms with van der Waals surface area (Å²) in [6.07, 6.45) is 4.43. The molecule has 1 aliphatic heterocycles. The fourth-order valence-corrected chi connectivity index (χ4v) is 3.54. The predicted octanol–water partition coefficient (Wildman–Crippen LogP) is 3.49. The van der Waals surface area contributed by atoms with Crippen molar-refractivity contribution in [3.05, 3.63) is 18.5 Å². The fourth-order valence-electron chi connectivity index (χ4n) is 2.78. The number of aromatic nitrogens is 3. The van der Waals surface area contributed by atoms with Crippen LogP contribution in [0.15, 0.2) is 18.5 Å². The molecule has 1 aliphatic rings. The lowest BCUT2D eigenvalue weighted by molar-refractivity contribution is 0.0899. The molecule has 1 fully saturated rings. The van der Waals surface area contributed by atoms with Crippen molar-refractivity contribution in [3.63, 3.8) is 0 Å². The van der Waals surface area contributed by atoms with E-state index in [1.54, 1.807) is 6.20 Å². The average Bonchev–Trinajstić information content (AvgIpc) is 3.20. The first-order valence-corrected chi connectivity index (χ1v) is 12.8. The number of anilines is 1. The minimum atomic E-state index is -1.08. The van der Waals surface area contributed by atoms with Gasteiger partial charge in [0.2, 0.25) is 0 Å². The van der Waals surface area contributed by atoms with Crippen molar-refractivity contribution in [2.45, 2.75) is 44.9 Å². The molecule has 166 valence electrons. The summed E-state index contributed by atoms with van der Waals surface area (Å²) < 4.78 is 7.71. The van der Waals surface area contributed by atoms with Crippen molar-refractivity contribution < 1.29 is 9.53 Å². The lowest BCUT2D eigenvalue weighted by Gasteiger charge is -2.15. The van der Waals surface area contributed by atoms with Crippen LogP contribution in [0.5, 0.6) is 0 Å². The van der Waals surface area contributed by atoms with Crippen LogP contribution in [0.25, 0.3) is 11.2 Å². The zero-order valence-corrected chi connectivity index (χ0v) is 20.4. The monoisotopic (exact) mass is 484 g/mol. The number of nitrogens with one attached hydrogen (secondary N) is 3. The molecular weight excluding hydrogens is 455 g/mol. The molecule has 3 rings (SSSR count). The smallest absolute Gasteiger partial charge is 0.320 e. The molecule has 1 atom stereocenters. The molecule has 0 bridgehead atoms. The summed E-state index contributed by atoms with van der Waals surface area (Å²) >= 11 is 0. The van der Waals surface area contributed by atoms with E-state index in [0.717, 1.165) is 43.3 Å². The molecule has 0 saturated carbocycles. The molecule has 8 nitrogen and oxygen atoms in total. The van der Waals surface area contributed by atoms with Gasteiger partial charge in [0, 0.05) is 33.5 Å². The highest BCUT2D eigenvalue weighted by molar-refractivity contribution is 6.76. The number of hydrogen-bond acceptors (Lipinski definition) is 5. The first-order valence-electron chi connectivity index (χ1n) is 9.09. The van der Waals surface area contributed by atoms with E-state index in [1.807, 2.05) is 16.8 Å². The molecule has 0 aliphatic carbocycles. The first kappa shape index (κ1) is 27.9. The topological polar surface area (TPSA) is 93.1 Å². The van der Waals surface area contributed by atoms with E-state index in [0.29, 0.717) is 12.5 Å². The van der Waals surface area contributed by atoms with Gasteiger partial charge in [-0.25, -0.2) is 14.8 Å². The van der Waals surface area contributed by atoms with Crippen LogP contribution in [0.1, 0.15) is 6.42 Å². The highest BCUT2D eigenvalue weighted by Crippen LogP contribution is 2.14. The van der Waals surface area contributed by atoms with Crippen LogP contribution in [0.4, 0.5) is 10.6 Å². The Morgan fingerprint density at radius 1 is 1.34 bits per heavy atom. The summed E-state index contributed by atoms with van der Waals surface area (Å²) in [5.74, 6) is 0.443. The molecule has 2 aromatic heterocycles. The van der Waals surface area contributed by atoms with Crippen LogP contribution < -0.4 is 16.0 Å².